The Morgan fingerprint density at radius 3 is 2.36 bits per heavy atom. The first-order valence-electron chi connectivity index (χ1n) is 7.41. The molecule has 3 rings (SSSR count). The van der Waals surface area contributed by atoms with Crippen molar-refractivity contribution in [2.24, 2.45) is 4.40 Å². The molecule has 0 spiro atoms. The number of hydrogen-bond donors (Lipinski definition) is 0. The summed E-state index contributed by atoms with van der Waals surface area (Å²) in [6.45, 7) is 2.51. The van der Waals surface area contributed by atoms with Crippen LogP contribution in [0.5, 0.6) is 0 Å². The van der Waals surface area contributed by atoms with Crippen molar-refractivity contribution in [1.82, 2.24) is 4.57 Å². The molecule has 130 valence electrons. The van der Waals surface area contributed by atoms with E-state index in [1.807, 2.05) is 41.1 Å². The highest BCUT2D eigenvalue weighted by atomic mass is 79.9. The normalized spacial score (nSPS) is 12.5. The number of thiazole rings is 1. The van der Waals surface area contributed by atoms with Gasteiger partial charge in [-0.2, -0.15) is 8.42 Å². The Balaban J connectivity index is 2.10. The van der Waals surface area contributed by atoms with E-state index in [1.165, 1.54) is 23.5 Å². The Bertz CT molecular complexity index is 1050. The number of sulfonamides is 1. The molecule has 25 heavy (non-hydrogen) atoms. The summed E-state index contributed by atoms with van der Waals surface area (Å²) in [5.74, 6) is -0.490. The SMILES string of the molecule is CCn1c(-c2ccc(Br)cc2)cs/c1=N/S(=O)(=O)c1ccc(F)cc1. The molecular weight excluding hydrogens is 427 g/mol. The first-order chi connectivity index (χ1) is 11.9. The lowest BCUT2D eigenvalue weighted by atomic mass is 10.2. The van der Waals surface area contributed by atoms with Crippen LogP contribution in [0, 0.1) is 5.82 Å². The summed E-state index contributed by atoms with van der Waals surface area (Å²) in [6, 6.07) is 12.4. The van der Waals surface area contributed by atoms with Crippen molar-refractivity contribution in [3.8, 4) is 11.3 Å². The third-order valence-electron chi connectivity index (χ3n) is 3.56. The van der Waals surface area contributed by atoms with E-state index in [1.54, 1.807) is 0 Å². The molecule has 4 nitrogen and oxygen atoms in total. The van der Waals surface area contributed by atoms with E-state index in [9.17, 15) is 12.8 Å². The molecular formula is C17H14BrFN2O2S2. The van der Waals surface area contributed by atoms with Gasteiger partial charge in [-0.25, -0.2) is 4.39 Å². The minimum Gasteiger partial charge on any atom is -0.316 e. The molecule has 0 fully saturated rings. The molecule has 0 N–H and O–H groups in total. The smallest absolute Gasteiger partial charge is 0.285 e. The van der Waals surface area contributed by atoms with Gasteiger partial charge in [0.2, 0.25) is 4.80 Å². The molecule has 0 saturated carbocycles. The molecule has 2 aromatic carbocycles. The summed E-state index contributed by atoms with van der Waals surface area (Å²) in [7, 11) is -3.90. The third-order valence-corrected chi connectivity index (χ3v) is 6.35. The Kier molecular flexibility index (Phi) is 5.21. The minimum atomic E-state index is -3.90. The average Bonchev–Trinajstić information content (AvgIpc) is 2.98. The average molecular weight is 441 g/mol. The summed E-state index contributed by atoms with van der Waals surface area (Å²) >= 11 is 4.66. The molecule has 8 heteroatoms. The maximum absolute atomic E-state index is 13.0. The van der Waals surface area contributed by atoms with Gasteiger partial charge in [-0.05, 0) is 48.9 Å². The molecule has 0 bridgehead atoms. The number of rotatable bonds is 4. The fourth-order valence-corrected chi connectivity index (χ4v) is 4.78. The first-order valence-corrected chi connectivity index (χ1v) is 10.5. The van der Waals surface area contributed by atoms with Gasteiger partial charge in [0.25, 0.3) is 10.0 Å². The van der Waals surface area contributed by atoms with E-state index in [4.69, 9.17) is 0 Å². The van der Waals surface area contributed by atoms with Crippen molar-refractivity contribution >= 4 is 37.3 Å². The van der Waals surface area contributed by atoms with E-state index < -0.39 is 15.8 Å². The lowest BCUT2D eigenvalue weighted by Crippen LogP contribution is -2.17. The molecule has 1 aromatic heterocycles. The summed E-state index contributed by atoms with van der Waals surface area (Å²) in [5, 5.41) is 1.88. The second-order valence-corrected chi connectivity index (χ2v) is 8.53. The summed E-state index contributed by atoms with van der Waals surface area (Å²) in [4.78, 5) is 0.347. The van der Waals surface area contributed by atoms with Crippen LogP contribution in [0.3, 0.4) is 0 Å². The maximum Gasteiger partial charge on any atom is 0.285 e. The number of benzene rings is 2. The quantitative estimate of drug-likeness (QED) is 0.602. The zero-order valence-electron chi connectivity index (χ0n) is 13.2. The van der Waals surface area contributed by atoms with Crippen molar-refractivity contribution in [3.05, 3.63) is 69.0 Å². The molecule has 0 unspecified atom stereocenters. The highest BCUT2D eigenvalue weighted by molar-refractivity contribution is 9.10. The van der Waals surface area contributed by atoms with Crippen molar-refractivity contribution in [2.45, 2.75) is 18.4 Å². The third kappa shape index (κ3) is 3.91. The predicted octanol–water partition coefficient (Wildman–Crippen LogP) is 4.43. The predicted molar refractivity (Wildman–Crippen MR) is 100 cm³/mol. The topological polar surface area (TPSA) is 51.4 Å². The standard InChI is InChI=1S/C17H14BrFN2O2S2/c1-2-21-16(12-3-5-13(18)6-4-12)11-24-17(21)20-25(22,23)15-9-7-14(19)8-10-15/h3-11H,2H2,1H3/b20-17+. The Hall–Kier alpha value is -1.77. The first kappa shape index (κ1) is 18.0. The van der Waals surface area contributed by atoms with Gasteiger partial charge in [0.1, 0.15) is 5.82 Å². The van der Waals surface area contributed by atoms with Gasteiger partial charge in [-0.15, -0.1) is 15.7 Å². The van der Waals surface area contributed by atoms with E-state index in [2.05, 4.69) is 20.3 Å². The van der Waals surface area contributed by atoms with Gasteiger partial charge in [-0.1, -0.05) is 28.1 Å². The second kappa shape index (κ2) is 7.23. The lowest BCUT2D eigenvalue weighted by Gasteiger charge is -2.06. The van der Waals surface area contributed by atoms with Crippen LogP contribution in [0.1, 0.15) is 6.92 Å². The second-order valence-electron chi connectivity index (χ2n) is 5.17. The van der Waals surface area contributed by atoms with Crippen LogP contribution in [-0.4, -0.2) is 13.0 Å². The Labute approximate surface area is 157 Å². The van der Waals surface area contributed by atoms with Crippen LogP contribution in [-0.2, 0) is 16.6 Å². The van der Waals surface area contributed by atoms with Crippen LogP contribution < -0.4 is 4.80 Å². The molecule has 0 saturated heterocycles. The highest BCUT2D eigenvalue weighted by Crippen LogP contribution is 2.23. The summed E-state index contributed by atoms with van der Waals surface area (Å²) < 4.78 is 44.7. The lowest BCUT2D eigenvalue weighted by molar-refractivity contribution is 0.594. The molecule has 0 aliphatic carbocycles. The van der Waals surface area contributed by atoms with Crippen LogP contribution in [0.25, 0.3) is 11.3 Å². The van der Waals surface area contributed by atoms with Gasteiger partial charge in [0.05, 0.1) is 10.6 Å². The molecule has 0 aliphatic heterocycles. The van der Waals surface area contributed by atoms with Gasteiger partial charge in [0, 0.05) is 16.4 Å². The van der Waals surface area contributed by atoms with Crippen molar-refractivity contribution in [2.75, 3.05) is 0 Å². The highest BCUT2D eigenvalue weighted by Gasteiger charge is 2.14. The van der Waals surface area contributed by atoms with Crippen LogP contribution in [0.4, 0.5) is 4.39 Å². The Morgan fingerprint density at radius 2 is 1.76 bits per heavy atom. The van der Waals surface area contributed by atoms with Gasteiger partial charge < -0.3 is 4.57 Å². The fraction of sp³-hybridized carbons (Fsp3) is 0.118. The van der Waals surface area contributed by atoms with Crippen LogP contribution in [0.15, 0.2) is 67.7 Å². The zero-order valence-corrected chi connectivity index (χ0v) is 16.4. The number of aromatic nitrogens is 1. The van der Waals surface area contributed by atoms with Crippen molar-refractivity contribution in [1.29, 1.82) is 0 Å². The molecule has 1 heterocycles. The van der Waals surface area contributed by atoms with Crippen molar-refractivity contribution in [3.63, 3.8) is 0 Å². The van der Waals surface area contributed by atoms with Gasteiger partial charge in [0.15, 0.2) is 0 Å². The van der Waals surface area contributed by atoms with E-state index in [-0.39, 0.29) is 4.90 Å². The fourth-order valence-electron chi connectivity index (χ4n) is 2.32. The van der Waals surface area contributed by atoms with Gasteiger partial charge >= 0.3 is 0 Å². The largest absolute Gasteiger partial charge is 0.316 e. The number of hydrogen-bond acceptors (Lipinski definition) is 3. The van der Waals surface area contributed by atoms with Crippen LogP contribution >= 0.6 is 27.3 Å². The maximum atomic E-state index is 13.0. The van der Waals surface area contributed by atoms with Crippen LogP contribution in [0.2, 0.25) is 0 Å². The molecule has 3 aromatic rings. The molecule has 0 atom stereocenters. The van der Waals surface area contributed by atoms with Crippen molar-refractivity contribution < 1.29 is 12.8 Å². The molecule has 0 amide bonds. The number of nitrogens with zero attached hydrogens (tertiary/aromatic N) is 2. The number of halogens is 2. The summed E-state index contributed by atoms with van der Waals surface area (Å²) in [6.07, 6.45) is 0. The molecule has 0 radical (unpaired) electrons. The minimum absolute atomic E-state index is 0.0323. The summed E-state index contributed by atoms with van der Waals surface area (Å²) in [5.41, 5.74) is 1.87. The van der Waals surface area contributed by atoms with E-state index in [0.717, 1.165) is 27.9 Å². The molecule has 0 aliphatic rings. The van der Waals surface area contributed by atoms with Gasteiger partial charge in [-0.3, -0.25) is 0 Å². The monoisotopic (exact) mass is 440 g/mol. The van der Waals surface area contributed by atoms with E-state index in [0.29, 0.717) is 11.3 Å². The zero-order chi connectivity index (χ0) is 18.0. The van der Waals surface area contributed by atoms with E-state index >= 15 is 0 Å². The Morgan fingerprint density at radius 1 is 1.12 bits per heavy atom.